The van der Waals surface area contributed by atoms with Crippen molar-refractivity contribution in [3.05, 3.63) is 64.7 Å². The molecule has 0 aliphatic carbocycles. The van der Waals surface area contributed by atoms with Gasteiger partial charge >= 0.3 is 0 Å². The van der Waals surface area contributed by atoms with E-state index in [1.54, 1.807) is 18.2 Å². The maximum absolute atomic E-state index is 12.7. The zero-order valence-corrected chi connectivity index (χ0v) is 16.8. The number of amides is 1. The van der Waals surface area contributed by atoms with E-state index < -0.39 is 10.0 Å². The minimum Gasteiger partial charge on any atom is -0.346 e. The zero-order valence-electron chi connectivity index (χ0n) is 16.0. The Bertz CT molecular complexity index is 948. The van der Waals surface area contributed by atoms with Crippen LogP contribution in [0.15, 0.2) is 47.4 Å². The summed E-state index contributed by atoms with van der Waals surface area (Å²) in [5.74, 6) is -0.279. The van der Waals surface area contributed by atoms with E-state index in [0.29, 0.717) is 18.7 Å². The highest BCUT2D eigenvalue weighted by atomic mass is 32.2. The van der Waals surface area contributed by atoms with Crippen molar-refractivity contribution in [1.82, 2.24) is 9.62 Å². The van der Waals surface area contributed by atoms with Gasteiger partial charge in [-0.05, 0) is 68.5 Å². The number of benzene rings is 2. The molecule has 0 radical (unpaired) electrons. The fraction of sp³-hybridized carbons (Fsp3) is 0.381. The van der Waals surface area contributed by atoms with Crippen LogP contribution < -0.4 is 5.32 Å². The lowest BCUT2D eigenvalue weighted by molar-refractivity contribution is 0.0939. The van der Waals surface area contributed by atoms with E-state index in [9.17, 15) is 13.2 Å². The molecule has 1 fully saturated rings. The highest BCUT2D eigenvalue weighted by molar-refractivity contribution is 7.89. The quantitative estimate of drug-likeness (QED) is 0.854. The Morgan fingerprint density at radius 1 is 1.04 bits per heavy atom. The van der Waals surface area contributed by atoms with Crippen molar-refractivity contribution in [2.75, 3.05) is 13.1 Å². The fourth-order valence-electron chi connectivity index (χ4n) is 3.27. The van der Waals surface area contributed by atoms with E-state index in [1.807, 2.05) is 26.0 Å². The van der Waals surface area contributed by atoms with Crippen molar-refractivity contribution in [2.24, 2.45) is 0 Å². The monoisotopic (exact) mass is 386 g/mol. The molecule has 1 heterocycles. The van der Waals surface area contributed by atoms with Gasteiger partial charge in [-0.25, -0.2) is 8.42 Å². The second-order valence-corrected chi connectivity index (χ2v) is 9.12. The summed E-state index contributed by atoms with van der Waals surface area (Å²) in [6.07, 6.45) is 1.76. The Labute approximate surface area is 161 Å². The number of hydrogen-bond acceptors (Lipinski definition) is 3. The molecule has 1 unspecified atom stereocenters. The van der Waals surface area contributed by atoms with E-state index in [4.69, 9.17) is 0 Å². The van der Waals surface area contributed by atoms with Crippen LogP contribution in [0.5, 0.6) is 0 Å². The number of rotatable bonds is 5. The number of sulfonamides is 1. The molecule has 3 rings (SSSR count). The Kier molecular flexibility index (Phi) is 5.67. The summed E-state index contributed by atoms with van der Waals surface area (Å²) in [7, 11) is -3.53. The third kappa shape index (κ3) is 4.22. The van der Waals surface area contributed by atoms with Crippen LogP contribution in [-0.4, -0.2) is 31.7 Å². The number of carbonyl (C=O) groups excluding carboxylic acids is 1. The Morgan fingerprint density at radius 3 is 2.41 bits per heavy atom. The van der Waals surface area contributed by atoms with Crippen LogP contribution in [0, 0.1) is 13.8 Å². The van der Waals surface area contributed by atoms with Crippen molar-refractivity contribution < 1.29 is 13.2 Å². The lowest BCUT2D eigenvalue weighted by Crippen LogP contribution is -2.29. The molecule has 5 nitrogen and oxygen atoms in total. The van der Waals surface area contributed by atoms with Gasteiger partial charge in [0.15, 0.2) is 0 Å². The summed E-state index contributed by atoms with van der Waals surface area (Å²) in [4.78, 5) is 12.8. The summed E-state index contributed by atoms with van der Waals surface area (Å²) in [6.45, 7) is 7.10. The lowest BCUT2D eigenvalue weighted by atomic mass is 10.0. The maximum Gasteiger partial charge on any atom is 0.251 e. The molecule has 2 aromatic carbocycles. The van der Waals surface area contributed by atoms with Gasteiger partial charge in [-0.3, -0.25) is 4.79 Å². The van der Waals surface area contributed by atoms with Crippen molar-refractivity contribution in [1.29, 1.82) is 0 Å². The van der Waals surface area contributed by atoms with E-state index >= 15 is 0 Å². The van der Waals surface area contributed by atoms with E-state index in [1.165, 1.54) is 21.5 Å². The largest absolute Gasteiger partial charge is 0.346 e. The number of nitrogens with zero attached hydrogens (tertiary/aromatic N) is 1. The summed E-state index contributed by atoms with van der Waals surface area (Å²) in [5.41, 5.74) is 3.75. The van der Waals surface area contributed by atoms with Crippen LogP contribution in [-0.2, 0) is 10.0 Å². The number of aryl methyl sites for hydroxylation is 2. The van der Waals surface area contributed by atoms with E-state index in [2.05, 4.69) is 18.3 Å². The molecule has 0 bridgehead atoms. The van der Waals surface area contributed by atoms with Gasteiger partial charge in [-0.15, -0.1) is 0 Å². The highest BCUT2D eigenvalue weighted by Gasteiger charge is 2.27. The summed E-state index contributed by atoms with van der Waals surface area (Å²) >= 11 is 0. The number of nitrogens with one attached hydrogen (secondary N) is 1. The molecule has 1 saturated heterocycles. The predicted molar refractivity (Wildman–Crippen MR) is 106 cm³/mol. The standard InChI is InChI=1S/C21H26N2O3S/c1-15-9-10-18(13-16(15)2)17(3)22-21(24)19-7-6-8-20(14-19)27(25,26)23-11-4-5-12-23/h6-10,13-14,17H,4-5,11-12H2,1-3H3,(H,22,24). The second kappa shape index (κ2) is 7.82. The van der Waals surface area contributed by atoms with Crippen molar-refractivity contribution in [2.45, 2.75) is 44.6 Å². The first-order valence-electron chi connectivity index (χ1n) is 9.27. The molecule has 1 amide bonds. The Balaban J connectivity index is 1.78. The molecular formula is C21H26N2O3S. The minimum absolute atomic E-state index is 0.171. The van der Waals surface area contributed by atoms with Gasteiger partial charge < -0.3 is 5.32 Å². The summed E-state index contributed by atoms with van der Waals surface area (Å²) in [6, 6.07) is 12.2. The summed E-state index contributed by atoms with van der Waals surface area (Å²) < 4.78 is 26.9. The lowest BCUT2D eigenvalue weighted by Gasteiger charge is -2.17. The minimum atomic E-state index is -3.53. The van der Waals surface area contributed by atoms with E-state index in [0.717, 1.165) is 18.4 Å². The number of hydrogen-bond donors (Lipinski definition) is 1. The van der Waals surface area contributed by atoms with Crippen LogP contribution in [0.25, 0.3) is 0 Å². The van der Waals surface area contributed by atoms with Gasteiger partial charge in [0.1, 0.15) is 0 Å². The van der Waals surface area contributed by atoms with Gasteiger partial charge in [0.2, 0.25) is 10.0 Å². The highest BCUT2D eigenvalue weighted by Crippen LogP contribution is 2.22. The first kappa shape index (κ1) is 19.6. The third-order valence-corrected chi connectivity index (χ3v) is 7.07. The molecule has 1 N–H and O–H groups in total. The molecule has 144 valence electrons. The molecule has 1 atom stereocenters. The SMILES string of the molecule is Cc1ccc(C(C)NC(=O)c2cccc(S(=O)(=O)N3CCCC3)c2)cc1C. The van der Waals surface area contributed by atoms with Gasteiger partial charge in [-0.2, -0.15) is 4.31 Å². The van der Waals surface area contributed by atoms with Crippen LogP contribution in [0.1, 0.15) is 52.9 Å². The average molecular weight is 387 g/mol. The zero-order chi connectivity index (χ0) is 19.6. The molecular weight excluding hydrogens is 360 g/mol. The van der Waals surface area contributed by atoms with Crippen LogP contribution in [0.2, 0.25) is 0 Å². The molecule has 1 aliphatic rings. The van der Waals surface area contributed by atoms with Gasteiger partial charge in [0.05, 0.1) is 10.9 Å². The molecule has 2 aromatic rings. The first-order valence-corrected chi connectivity index (χ1v) is 10.7. The topological polar surface area (TPSA) is 66.5 Å². The van der Waals surface area contributed by atoms with Crippen LogP contribution in [0.4, 0.5) is 0 Å². The predicted octanol–water partition coefficient (Wildman–Crippen LogP) is 3.58. The smallest absolute Gasteiger partial charge is 0.251 e. The normalized spacial score (nSPS) is 16.3. The maximum atomic E-state index is 12.7. The van der Waals surface area contributed by atoms with Crippen molar-refractivity contribution in [3.63, 3.8) is 0 Å². The van der Waals surface area contributed by atoms with Crippen LogP contribution in [0.3, 0.4) is 0 Å². The molecule has 0 spiro atoms. The first-order chi connectivity index (χ1) is 12.8. The molecule has 6 heteroatoms. The second-order valence-electron chi connectivity index (χ2n) is 7.18. The van der Waals surface area contributed by atoms with Crippen LogP contribution >= 0.6 is 0 Å². The van der Waals surface area contributed by atoms with Gasteiger partial charge in [-0.1, -0.05) is 24.3 Å². The molecule has 1 aliphatic heterocycles. The third-order valence-electron chi connectivity index (χ3n) is 5.18. The molecule has 27 heavy (non-hydrogen) atoms. The number of carbonyl (C=O) groups is 1. The Morgan fingerprint density at radius 2 is 1.74 bits per heavy atom. The summed E-state index contributed by atoms with van der Waals surface area (Å²) in [5, 5.41) is 2.96. The van der Waals surface area contributed by atoms with Crippen molar-refractivity contribution in [3.8, 4) is 0 Å². The van der Waals surface area contributed by atoms with Gasteiger partial charge in [0.25, 0.3) is 5.91 Å². The van der Waals surface area contributed by atoms with E-state index in [-0.39, 0.29) is 16.8 Å². The fourth-order valence-corrected chi connectivity index (χ4v) is 4.84. The average Bonchev–Trinajstić information content (AvgIpc) is 3.19. The molecule has 0 aromatic heterocycles. The molecule has 0 saturated carbocycles. The van der Waals surface area contributed by atoms with Crippen molar-refractivity contribution >= 4 is 15.9 Å². The van der Waals surface area contributed by atoms with Gasteiger partial charge in [0, 0.05) is 18.7 Å². The Hall–Kier alpha value is -2.18.